The number of halogens is 3. The summed E-state index contributed by atoms with van der Waals surface area (Å²) in [5.41, 5.74) is -0.161. The van der Waals surface area contributed by atoms with Crippen LogP contribution in [0.4, 0.5) is 8.78 Å². The summed E-state index contributed by atoms with van der Waals surface area (Å²) in [6.45, 7) is 2.26. The molecule has 134 valence electrons. The van der Waals surface area contributed by atoms with E-state index >= 15 is 0 Å². The Hall–Kier alpha value is -1.53. The molecule has 0 saturated carbocycles. The molecular weight excluding hydrogens is 338 g/mol. The summed E-state index contributed by atoms with van der Waals surface area (Å²) in [6, 6.07) is 2.86. The minimum atomic E-state index is -0.880. The second-order valence-electron chi connectivity index (χ2n) is 5.95. The Morgan fingerprint density at radius 2 is 2.04 bits per heavy atom. The summed E-state index contributed by atoms with van der Waals surface area (Å²) in [4.78, 5) is 26.0. The fraction of sp³-hybridized carbons (Fsp3) is 0.529. The molecule has 2 rings (SSSR count). The highest BCUT2D eigenvalue weighted by molar-refractivity contribution is 5.98. The molecule has 1 fully saturated rings. The van der Waals surface area contributed by atoms with Crippen molar-refractivity contribution >= 4 is 24.1 Å². The van der Waals surface area contributed by atoms with Gasteiger partial charge < -0.3 is 10.2 Å². The highest BCUT2D eigenvalue weighted by Gasteiger charge is 2.24. The van der Waals surface area contributed by atoms with Gasteiger partial charge >= 0.3 is 0 Å². The Kier molecular flexibility index (Phi) is 8.28. The molecule has 0 bridgehead atoms. The van der Waals surface area contributed by atoms with Gasteiger partial charge in [-0.3, -0.25) is 9.59 Å². The van der Waals surface area contributed by atoms with Crippen LogP contribution in [0.3, 0.4) is 0 Å². The van der Waals surface area contributed by atoms with Crippen molar-refractivity contribution in [2.45, 2.75) is 25.7 Å². The molecule has 24 heavy (non-hydrogen) atoms. The first-order valence-corrected chi connectivity index (χ1v) is 7.92. The van der Waals surface area contributed by atoms with Crippen LogP contribution in [0.15, 0.2) is 18.2 Å². The molecule has 1 saturated heterocycles. The van der Waals surface area contributed by atoms with E-state index in [-0.39, 0.29) is 36.7 Å². The summed E-state index contributed by atoms with van der Waals surface area (Å²) in [5.74, 6) is -1.72. The fourth-order valence-corrected chi connectivity index (χ4v) is 2.98. The second kappa shape index (κ2) is 9.69. The number of hydrogen-bond acceptors (Lipinski definition) is 3. The molecule has 0 spiro atoms. The Balaban J connectivity index is 0.00000288. The van der Waals surface area contributed by atoms with Gasteiger partial charge in [0.2, 0.25) is 5.91 Å². The van der Waals surface area contributed by atoms with E-state index in [0.29, 0.717) is 25.1 Å². The lowest BCUT2D eigenvalue weighted by atomic mass is 9.97. The van der Waals surface area contributed by atoms with Crippen LogP contribution in [0.25, 0.3) is 0 Å². The van der Waals surface area contributed by atoms with E-state index in [2.05, 4.69) is 5.32 Å². The first-order chi connectivity index (χ1) is 11.0. The van der Waals surface area contributed by atoms with Gasteiger partial charge in [0.1, 0.15) is 11.6 Å². The van der Waals surface area contributed by atoms with Crippen LogP contribution in [0.2, 0.25) is 0 Å². The highest BCUT2D eigenvalue weighted by atomic mass is 35.5. The van der Waals surface area contributed by atoms with Crippen molar-refractivity contribution in [3.63, 3.8) is 0 Å². The molecule has 1 aromatic carbocycles. The minimum absolute atomic E-state index is 0. The molecule has 1 aliphatic rings. The van der Waals surface area contributed by atoms with Crippen LogP contribution in [0.5, 0.6) is 0 Å². The topological polar surface area (TPSA) is 49.4 Å². The second-order valence-corrected chi connectivity index (χ2v) is 5.95. The first kappa shape index (κ1) is 20.5. The lowest BCUT2D eigenvalue weighted by Crippen LogP contribution is -2.42. The van der Waals surface area contributed by atoms with E-state index in [0.717, 1.165) is 31.5 Å². The number of rotatable bonds is 6. The number of nitrogens with one attached hydrogen (secondary N) is 1. The lowest BCUT2D eigenvalue weighted by Gasteiger charge is -2.32. The Morgan fingerprint density at radius 1 is 1.29 bits per heavy atom. The zero-order valence-electron chi connectivity index (χ0n) is 13.7. The number of carbonyl (C=O) groups excluding carboxylic acids is 2. The molecule has 0 radical (unpaired) electrons. The quantitative estimate of drug-likeness (QED) is 0.794. The van der Waals surface area contributed by atoms with Gasteiger partial charge in [-0.2, -0.15) is 0 Å². The Morgan fingerprint density at radius 3 is 2.71 bits per heavy atom. The molecule has 1 N–H and O–H groups in total. The molecule has 7 heteroatoms. The van der Waals surface area contributed by atoms with Crippen LogP contribution in [-0.2, 0) is 4.79 Å². The molecule has 0 aliphatic carbocycles. The summed E-state index contributed by atoms with van der Waals surface area (Å²) in [6.07, 6.45) is 2.04. The predicted molar refractivity (Wildman–Crippen MR) is 90.4 cm³/mol. The predicted octanol–water partition coefficient (Wildman–Crippen LogP) is 2.81. The monoisotopic (exact) mass is 360 g/mol. The zero-order valence-corrected chi connectivity index (χ0v) is 14.5. The van der Waals surface area contributed by atoms with E-state index in [1.165, 1.54) is 0 Å². The number of ketones is 1. The van der Waals surface area contributed by atoms with Gasteiger partial charge in [-0.25, -0.2) is 8.78 Å². The number of carbonyl (C=O) groups is 2. The van der Waals surface area contributed by atoms with E-state index < -0.39 is 17.4 Å². The molecular formula is C17H23ClF2N2O2. The molecule has 1 aliphatic heterocycles. The normalized spacial score (nSPS) is 17.3. The van der Waals surface area contributed by atoms with E-state index in [4.69, 9.17) is 0 Å². The van der Waals surface area contributed by atoms with Crippen LogP contribution in [0.1, 0.15) is 36.0 Å². The molecule has 1 heterocycles. The molecule has 1 amide bonds. The van der Waals surface area contributed by atoms with Crippen molar-refractivity contribution in [1.29, 1.82) is 0 Å². The van der Waals surface area contributed by atoms with Gasteiger partial charge in [0.05, 0.1) is 5.56 Å². The summed E-state index contributed by atoms with van der Waals surface area (Å²) >= 11 is 0. The standard InChI is InChI=1S/C17H22F2N2O2.ClH/c1-20-10-12-3-2-8-21(11-12)17(23)7-6-16(22)14-5-4-13(18)9-15(14)19;/h4-5,9,12,20H,2-3,6-8,10-11H2,1H3;1H. The number of Topliss-reactive ketones (excluding diaryl/α,β-unsaturated/α-hetero) is 1. The molecule has 4 nitrogen and oxygen atoms in total. The zero-order chi connectivity index (χ0) is 16.8. The van der Waals surface area contributed by atoms with Crippen molar-refractivity contribution in [3.05, 3.63) is 35.4 Å². The van der Waals surface area contributed by atoms with E-state index in [1.807, 2.05) is 7.05 Å². The first-order valence-electron chi connectivity index (χ1n) is 7.92. The average molecular weight is 361 g/mol. The van der Waals surface area contributed by atoms with Crippen LogP contribution in [-0.4, -0.2) is 43.3 Å². The number of benzene rings is 1. The number of amides is 1. The number of hydrogen-bond donors (Lipinski definition) is 1. The number of likely N-dealkylation sites (tertiary alicyclic amines) is 1. The maximum atomic E-state index is 13.6. The lowest BCUT2D eigenvalue weighted by molar-refractivity contribution is -0.132. The number of piperidine rings is 1. The third-order valence-electron chi connectivity index (χ3n) is 4.16. The molecule has 0 aromatic heterocycles. The third-order valence-corrected chi connectivity index (χ3v) is 4.16. The van der Waals surface area contributed by atoms with Crippen molar-refractivity contribution in [1.82, 2.24) is 10.2 Å². The maximum absolute atomic E-state index is 13.6. The fourth-order valence-electron chi connectivity index (χ4n) is 2.98. The smallest absolute Gasteiger partial charge is 0.223 e. The van der Waals surface area contributed by atoms with Crippen LogP contribution < -0.4 is 5.32 Å². The highest BCUT2D eigenvalue weighted by Crippen LogP contribution is 2.18. The SMILES string of the molecule is CNCC1CCCN(C(=O)CCC(=O)c2ccc(F)cc2F)C1.Cl. The van der Waals surface area contributed by atoms with Crippen LogP contribution >= 0.6 is 12.4 Å². The summed E-state index contributed by atoms with van der Waals surface area (Å²) < 4.78 is 26.4. The number of nitrogens with zero attached hydrogens (tertiary/aromatic N) is 1. The van der Waals surface area contributed by atoms with Gasteiger partial charge in [0.15, 0.2) is 5.78 Å². The van der Waals surface area contributed by atoms with Gasteiger partial charge in [-0.05, 0) is 44.5 Å². The van der Waals surface area contributed by atoms with Crippen LogP contribution in [0, 0.1) is 17.6 Å². The van der Waals surface area contributed by atoms with Crippen molar-refractivity contribution in [2.24, 2.45) is 5.92 Å². The molecule has 1 unspecified atom stereocenters. The molecule has 1 aromatic rings. The van der Waals surface area contributed by atoms with Gasteiger partial charge in [0, 0.05) is 32.0 Å². The minimum Gasteiger partial charge on any atom is -0.342 e. The van der Waals surface area contributed by atoms with Gasteiger partial charge in [-0.1, -0.05) is 0 Å². The summed E-state index contributed by atoms with van der Waals surface area (Å²) in [5, 5.41) is 3.12. The van der Waals surface area contributed by atoms with Crippen molar-refractivity contribution < 1.29 is 18.4 Å². The molecule has 1 atom stereocenters. The summed E-state index contributed by atoms with van der Waals surface area (Å²) in [7, 11) is 1.89. The Bertz CT molecular complexity index is 582. The third kappa shape index (κ3) is 5.53. The van der Waals surface area contributed by atoms with Gasteiger partial charge in [-0.15, -0.1) is 12.4 Å². The average Bonchev–Trinajstić information content (AvgIpc) is 2.53. The van der Waals surface area contributed by atoms with Crippen molar-refractivity contribution in [3.8, 4) is 0 Å². The van der Waals surface area contributed by atoms with Gasteiger partial charge in [0.25, 0.3) is 0 Å². The maximum Gasteiger partial charge on any atom is 0.223 e. The Labute approximate surface area is 147 Å². The van der Waals surface area contributed by atoms with E-state index in [9.17, 15) is 18.4 Å². The van der Waals surface area contributed by atoms with Crippen molar-refractivity contribution in [2.75, 3.05) is 26.7 Å². The largest absolute Gasteiger partial charge is 0.342 e. The van der Waals surface area contributed by atoms with E-state index in [1.54, 1.807) is 4.90 Å².